The lowest BCUT2D eigenvalue weighted by atomic mass is 9.82. The Morgan fingerprint density at radius 3 is 2.32 bits per heavy atom. The van der Waals surface area contributed by atoms with Crippen molar-refractivity contribution in [3.05, 3.63) is 58.1 Å². The second-order valence-corrected chi connectivity index (χ2v) is 5.64. The zero-order chi connectivity index (χ0) is 18.1. The highest BCUT2D eigenvalue weighted by Crippen LogP contribution is 2.39. The number of phenolic OH excluding ortho intramolecular Hbond substituents is 2. The predicted octanol–water partition coefficient (Wildman–Crippen LogP) is 1.30. The van der Waals surface area contributed by atoms with E-state index in [-0.39, 0.29) is 32.9 Å². The lowest BCUT2D eigenvalue weighted by molar-refractivity contribution is 0.0974. The zero-order valence-electron chi connectivity index (χ0n) is 13.0. The molecule has 0 atom stereocenters. The van der Waals surface area contributed by atoms with Crippen LogP contribution in [0.4, 0.5) is 0 Å². The number of hydrogen-bond acceptors (Lipinski definition) is 6. The summed E-state index contributed by atoms with van der Waals surface area (Å²) in [6.07, 6.45) is 1.19. The van der Waals surface area contributed by atoms with Crippen LogP contribution < -0.4 is 10.7 Å². The number of aromatic hydroxyl groups is 2. The van der Waals surface area contributed by atoms with Gasteiger partial charge in [0.05, 0.1) is 17.3 Å². The van der Waals surface area contributed by atoms with Crippen LogP contribution in [0.1, 0.15) is 37.4 Å². The summed E-state index contributed by atoms with van der Waals surface area (Å²) in [7, 11) is 1.61. The van der Waals surface area contributed by atoms with E-state index in [0.29, 0.717) is 0 Å². The number of carbonyl (C=O) groups is 2. The Hall–Kier alpha value is -3.26. The molecule has 7 nitrogen and oxygen atoms in total. The Kier molecular flexibility index (Phi) is 4.20. The maximum Gasteiger partial charge on any atom is 0.198 e. The van der Waals surface area contributed by atoms with Crippen LogP contribution in [0.15, 0.2) is 35.4 Å². The van der Waals surface area contributed by atoms with Gasteiger partial charge in [-0.1, -0.05) is 24.3 Å². The monoisotopic (exact) mass is 355 g/mol. The van der Waals surface area contributed by atoms with E-state index >= 15 is 0 Å². The van der Waals surface area contributed by atoms with Crippen molar-refractivity contribution >= 4 is 35.1 Å². The molecule has 0 aromatic heterocycles. The van der Waals surface area contributed by atoms with Crippen LogP contribution in [0, 0.1) is 0 Å². The average molecular weight is 355 g/mol. The molecule has 0 saturated heterocycles. The molecule has 0 fully saturated rings. The first-order chi connectivity index (χ1) is 12.0. The average Bonchev–Trinajstić information content (AvgIpc) is 2.62. The molecule has 126 valence electrons. The molecule has 0 unspecified atom stereocenters. The minimum Gasteiger partial charge on any atom is -0.507 e. The normalized spacial score (nSPS) is 12.7. The summed E-state index contributed by atoms with van der Waals surface area (Å²) >= 11 is 4.86. The van der Waals surface area contributed by atoms with Crippen molar-refractivity contribution in [1.29, 1.82) is 0 Å². The molecule has 0 saturated carbocycles. The second-order valence-electron chi connectivity index (χ2n) is 5.24. The predicted molar refractivity (Wildman–Crippen MR) is 95.5 cm³/mol. The van der Waals surface area contributed by atoms with Gasteiger partial charge >= 0.3 is 0 Å². The van der Waals surface area contributed by atoms with E-state index in [0.717, 1.165) is 0 Å². The Balaban J connectivity index is 2.12. The Labute approximate surface area is 148 Å². The van der Waals surface area contributed by atoms with Gasteiger partial charge in [-0.05, 0) is 18.3 Å². The molecule has 0 radical (unpaired) electrons. The molecule has 2 aromatic carbocycles. The Morgan fingerprint density at radius 2 is 1.72 bits per heavy atom. The molecule has 1 aliphatic rings. The van der Waals surface area contributed by atoms with Gasteiger partial charge in [-0.3, -0.25) is 15.0 Å². The standard InChI is InChI=1S/C17H13N3O4S/c1-18-17(25)20-19-7-8-6-11(21)12-13(14(8)22)16(24)10-5-3-2-4-9(10)15(12)23/h2-7,21-22H,1H3,(H2,18,20,25)/b19-7+. The summed E-state index contributed by atoms with van der Waals surface area (Å²) in [5, 5.41) is 27.4. The molecular weight excluding hydrogens is 342 g/mol. The lowest BCUT2D eigenvalue weighted by Gasteiger charge is -2.20. The number of hydrazone groups is 1. The molecule has 0 heterocycles. The maximum absolute atomic E-state index is 12.7. The van der Waals surface area contributed by atoms with Crippen molar-refractivity contribution in [3.63, 3.8) is 0 Å². The minimum atomic E-state index is -0.535. The number of thiocarbonyl (C=S) groups is 1. The summed E-state index contributed by atoms with van der Waals surface area (Å²) in [5.41, 5.74) is 2.49. The van der Waals surface area contributed by atoms with Gasteiger partial charge in [0, 0.05) is 23.7 Å². The quantitative estimate of drug-likeness (QED) is 0.237. The van der Waals surface area contributed by atoms with Crippen LogP contribution in [0.25, 0.3) is 0 Å². The van der Waals surface area contributed by atoms with E-state index in [1.165, 1.54) is 24.4 Å². The molecule has 4 N–H and O–H groups in total. The van der Waals surface area contributed by atoms with Crippen LogP contribution in [0.3, 0.4) is 0 Å². The molecule has 0 spiro atoms. The van der Waals surface area contributed by atoms with E-state index < -0.39 is 23.1 Å². The third-order valence-electron chi connectivity index (χ3n) is 3.78. The van der Waals surface area contributed by atoms with Crippen LogP contribution in [-0.4, -0.2) is 40.2 Å². The van der Waals surface area contributed by atoms with Crippen LogP contribution in [0.2, 0.25) is 0 Å². The number of ketones is 2. The molecule has 0 bridgehead atoms. The molecule has 2 aromatic rings. The van der Waals surface area contributed by atoms with Gasteiger partial charge in [-0.25, -0.2) is 0 Å². The van der Waals surface area contributed by atoms with E-state index in [9.17, 15) is 19.8 Å². The number of phenols is 2. The Morgan fingerprint density at radius 1 is 1.12 bits per heavy atom. The maximum atomic E-state index is 12.7. The molecule has 8 heteroatoms. The number of nitrogens with one attached hydrogen (secondary N) is 2. The number of carbonyl (C=O) groups excluding carboxylic acids is 2. The summed E-state index contributed by atoms with van der Waals surface area (Å²) in [4.78, 5) is 25.3. The first-order valence-corrected chi connectivity index (χ1v) is 7.64. The summed E-state index contributed by atoms with van der Waals surface area (Å²) in [6, 6.07) is 7.43. The SMILES string of the molecule is CNC(=S)N/N=C/c1cc(O)c2c(c1O)C(=O)c1ccccc1C2=O. The molecule has 0 aliphatic heterocycles. The fraction of sp³-hybridized carbons (Fsp3) is 0.0588. The van der Waals surface area contributed by atoms with Crippen molar-refractivity contribution < 1.29 is 19.8 Å². The molecule has 1 aliphatic carbocycles. The topological polar surface area (TPSA) is 111 Å². The molecular formula is C17H13N3O4S. The lowest BCUT2D eigenvalue weighted by Crippen LogP contribution is -2.28. The fourth-order valence-electron chi connectivity index (χ4n) is 2.59. The van der Waals surface area contributed by atoms with E-state index in [1.54, 1.807) is 19.2 Å². The summed E-state index contributed by atoms with van der Waals surface area (Å²) < 4.78 is 0. The van der Waals surface area contributed by atoms with Gasteiger partial charge in [0.1, 0.15) is 11.5 Å². The number of rotatable bonds is 2. The first kappa shape index (κ1) is 16.6. The summed E-state index contributed by atoms with van der Waals surface area (Å²) in [6.45, 7) is 0. The van der Waals surface area contributed by atoms with Crippen LogP contribution in [0.5, 0.6) is 11.5 Å². The molecule has 0 amide bonds. The van der Waals surface area contributed by atoms with Gasteiger partial charge in [0.2, 0.25) is 0 Å². The number of fused-ring (bicyclic) bond motifs is 2. The van der Waals surface area contributed by atoms with E-state index in [4.69, 9.17) is 12.2 Å². The van der Waals surface area contributed by atoms with E-state index in [2.05, 4.69) is 15.8 Å². The van der Waals surface area contributed by atoms with Crippen LogP contribution >= 0.6 is 12.2 Å². The molecule has 25 heavy (non-hydrogen) atoms. The zero-order valence-corrected chi connectivity index (χ0v) is 13.8. The second kappa shape index (κ2) is 6.33. The third kappa shape index (κ3) is 2.72. The van der Waals surface area contributed by atoms with Crippen molar-refractivity contribution in [2.75, 3.05) is 7.05 Å². The summed E-state index contributed by atoms with van der Waals surface area (Å²) in [5.74, 6) is -1.89. The highest BCUT2D eigenvalue weighted by molar-refractivity contribution is 7.80. The first-order valence-electron chi connectivity index (χ1n) is 7.23. The van der Waals surface area contributed by atoms with Crippen LogP contribution in [-0.2, 0) is 0 Å². The third-order valence-corrected chi connectivity index (χ3v) is 4.07. The van der Waals surface area contributed by atoms with Gasteiger partial charge in [0.25, 0.3) is 0 Å². The highest BCUT2D eigenvalue weighted by atomic mass is 32.1. The van der Waals surface area contributed by atoms with Crippen molar-refractivity contribution in [2.45, 2.75) is 0 Å². The minimum absolute atomic E-state index is 0.0724. The van der Waals surface area contributed by atoms with Crippen molar-refractivity contribution in [2.24, 2.45) is 5.10 Å². The van der Waals surface area contributed by atoms with Gasteiger partial charge in [-0.15, -0.1) is 0 Å². The van der Waals surface area contributed by atoms with Gasteiger partial charge in [0.15, 0.2) is 16.7 Å². The Bertz CT molecular complexity index is 953. The molecule has 3 rings (SSSR count). The largest absolute Gasteiger partial charge is 0.507 e. The van der Waals surface area contributed by atoms with E-state index in [1.807, 2.05) is 0 Å². The van der Waals surface area contributed by atoms with Gasteiger partial charge < -0.3 is 15.5 Å². The smallest absolute Gasteiger partial charge is 0.198 e. The van der Waals surface area contributed by atoms with Crippen molar-refractivity contribution in [1.82, 2.24) is 10.7 Å². The number of hydrogen-bond donors (Lipinski definition) is 4. The van der Waals surface area contributed by atoms with Crippen molar-refractivity contribution in [3.8, 4) is 11.5 Å². The van der Waals surface area contributed by atoms with Gasteiger partial charge in [-0.2, -0.15) is 5.10 Å². The number of nitrogens with zero attached hydrogens (tertiary/aromatic N) is 1. The number of benzene rings is 2. The fourth-order valence-corrected chi connectivity index (χ4v) is 2.65. The highest BCUT2D eigenvalue weighted by Gasteiger charge is 2.35.